The van der Waals surface area contributed by atoms with Crippen molar-refractivity contribution in [3.05, 3.63) is 108 Å². The van der Waals surface area contributed by atoms with Crippen LogP contribution in [0, 0.1) is 6.07 Å². The zero-order chi connectivity index (χ0) is 18.5. The molecule has 1 aliphatic rings. The summed E-state index contributed by atoms with van der Waals surface area (Å²) in [5, 5.41) is 8.02. The van der Waals surface area contributed by atoms with Crippen molar-refractivity contribution in [3.8, 4) is 0 Å². The van der Waals surface area contributed by atoms with Crippen LogP contribution < -0.4 is 0 Å². The van der Waals surface area contributed by atoms with E-state index in [4.69, 9.17) is 0 Å². The van der Waals surface area contributed by atoms with Crippen LogP contribution in [0.25, 0.3) is 32.3 Å². The normalized spacial score (nSPS) is 16.5. The number of hydrogen-bond acceptors (Lipinski definition) is 0. The van der Waals surface area contributed by atoms with Crippen LogP contribution in [0.2, 0.25) is 0 Å². The first kappa shape index (κ1) is 15.9. The third-order valence-electron chi connectivity index (χ3n) is 6.46. The van der Waals surface area contributed by atoms with E-state index in [1.54, 1.807) is 5.56 Å². The Morgan fingerprint density at radius 2 is 1.61 bits per heavy atom. The molecular weight excluding hydrogens is 336 g/mol. The summed E-state index contributed by atoms with van der Waals surface area (Å²) in [6.45, 7) is 0. The Labute approximate surface area is 165 Å². The third-order valence-corrected chi connectivity index (χ3v) is 6.46. The van der Waals surface area contributed by atoms with Gasteiger partial charge in [-0.25, -0.2) is 0 Å². The average molecular weight is 357 g/mol. The minimum atomic E-state index is 0.490. The van der Waals surface area contributed by atoms with Crippen molar-refractivity contribution in [3.63, 3.8) is 0 Å². The molecule has 6 rings (SSSR count). The molecule has 0 amide bonds. The number of hydrogen-bond donors (Lipinski definition) is 0. The van der Waals surface area contributed by atoms with Crippen LogP contribution in [0.3, 0.4) is 0 Å². The third kappa shape index (κ3) is 2.38. The minimum Gasteiger partial charge on any atom is -0.0616 e. The van der Waals surface area contributed by atoms with Gasteiger partial charge in [0.1, 0.15) is 0 Å². The van der Waals surface area contributed by atoms with Gasteiger partial charge in [0.15, 0.2) is 0 Å². The first-order valence-corrected chi connectivity index (χ1v) is 10.2. The minimum absolute atomic E-state index is 0.490. The van der Waals surface area contributed by atoms with Crippen LogP contribution in [0.4, 0.5) is 0 Å². The second-order valence-electron chi connectivity index (χ2n) is 7.98. The van der Waals surface area contributed by atoms with Crippen molar-refractivity contribution in [2.45, 2.75) is 25.2 Å². The molecule has 5 aromatic carbocycles. The molecule has 133 valence electrons. The number of benzene rings is 5. The van der Waals surface area contributed by atoms with E-state index in [-0.39, 0.29) is 0 Å². The molecule has 0 heteroatoms. The maximum absolute atomic E-state index is 3.34. The quantitative estimate of drug-likeness (QED) is 0.274. The van der Waals surface area contributed by atoms with E-state index in [1.807, 2.05) is 6.07 Å². The Hall–Kier alpha value is -3.12. The molecule has 0 bridgehead atoms. The molecule has 0 heterocycles. The smallest absolute Gasteiger partial charge is 0.00926 e. The summed E-state index contributed by atoms with van der Waals surface area (Å²) in [5.41, 5.74) is 4.51. The lowest BCUT2D eigenvalue weighted by molar-refractivity contribution is 0.620. The molecule has 0 saturated heterocycles. The maximum Gasteiger partial charge on any atom is 0.00926 e. The van der Waals surface area contributed by atoms with Gasteiger partial charge in [0.25, 0.3) is 0 Å². The van der Waals surface area contributed by atoms with Gasteiger partial charge < -0.3 is 0 Å². The topological polar surface area (TPSA) is 0 Å². The van der Waals surface area contributed by atoms with Crippen molar-refractivity contribution >= 4 is 32.3 Å². The Balaban J connectivity index is 1.56. The maximum atomic E-state index is 3.34. The van der Waals surface area contributed by atoms with Crippen LogP contribution in [-0.4, -0.2) is 0 Å². The molecular formula is C28H21. The lowest BCUT2D eigenvalue weighted by Gasteiger charge is -2.28. The van der Waals surface area contributed by atoms with Crippen molar-refractivity contribution in [1.82, 2.24) is 0 Å². The molecule has 0 saturated carbocycles. The van der Waals surface area contributed by atoms with E-state index in [0.717, 1.165) is 0 Å². The van der Waals surface area contributed by atoms with Gasteiger partial charge in [-0.15, -0.1) is 0 Å². The van der Waals surface area contributed by atoms with Crippen LogP contribution in [0.1, 0.15) is 35.4 Å². The van der Waals surface area contributed by atoms with Crippen LogP contribution in [0.5, 0.6) is 0 Å². The van der Waals surface area contributed by atoms with Crippen LogP contribution in [-0.2, 0) is 6.42 Å². The van der Waals surface area contributed by atoms with Gasteiger partial charge in [0.2, 0.25) is 0 Å². The van der Waals surface area contributed by atoms with Gasteiger partial charge in [-0.3, -0.25) is 0 Å². The first-order chi connectivity index (χ1) is 13.9. The molecule has 0 N–H and O–H groups in total. The van der Waals surface area contributed by atoms with Gasteiger partial charge in [-0.05, 0) is 74.3 Å². The van der Waals surface area contributed by atoms with Crippen LogP contribution in [0.15, 0.2) is 84.9 Å². The standard InChI is InChI=1S/C28H21/c1-2-8-21-18-22(13-12-19(21)6-1)24-10-5-11-25-27(24)17-16-26-23-9-4-3-7-20(23)14-15-28(25)26/h1-4,7-9,12-18,24H,5,10-11H2. The highest BCUT2D eigenvalue weighted by atomic mass is 14.3. The Kier molecular flexibility index (Phi) is 3.52. The summed E-state index contributed by atoms with van der Waals surface area (Å²) in [6, 6.07) is 34.6. The predicted octanol–water partition coefficient (Wildman–Crippen LogP) is 7.41. The lowest BCUT2D eigenvalue weighted by atomic mass is 9.76. The first-order valence-electron chi connectivity index (χ1n) is 10.2. The molecule has 0 fully saturated rings. The second-order valence-corrected chi connectivity index (χ2v) is 7.98. The van der Waals surface area contributed by atoms with Crippen molar-refractivity contribution < 1.29 is 0 Å². The van der Waals surface area contributed by atoms with E-state index in [1.165, 1.54) is 62.7 Å². The van der Waals surface area contributed by atoms with Crippen LogP contribution >= 0.6 is 0 Å². The monoisotopic (exact) mass is 357 g/mol. The largest absolute Gasteiger partial charge is 0.0616 e. The zero-order valence-electron chi connectivity index (χ0n) is 15.8. The van der Waals surface area contributed by atoms with E-state index >= 15 is 0 Å². The Morgan fingerprint density at radius 3 is 2.61 bits per heavy atom. The van der Waals surface area contributed by atoms with E-state index in [9.17, 15) is 0 Å². The molecule has 0 aromatic heterocycles. The summed E-state index contributed by atoms with van der Waals surface area (Å²) >= 11 is 0. The van der Waals surface area contributed by atoms with Gasteiger partial charge in [-0.1, -0.05) is 84.9 Å². The number of rotatable bonds is 1. The number of aryl methyl sites for hydroxylation is 1. The van der Waals surface area contributed by atoms with Crippen molar-refractivity contribution in [1.29, 1.82) is 0 Å². The molecule has 0 aliphatic heterocycles. The number of fused-ring (bicyclic) bond motifs is 6. The molecule has 1 radical (unpaired) electrons. The molecule has 0 nitrogen and oxygen atoms in total. The highest BCUT2D eigenvalue weighted by Gasteiger charge is 2.23. The van der Waals surface area contributed by atoms with E-state index in [0.29, 0.717) is 5.92 Å². The van der Waals surface area contributed by atoms with Gasteiger partial charge in [0.05, 0.1) is 0 Å². The Morgan fingerprint density at radius 1 is 0.714 bits per heavy atom. The highest BCUT2D eigenvalue weighted by Crippen LogP contribution is 2.41. The molecule has 1 unspecified atom stereocenters. The van der Waals surface area contributed by atoms with Crippen molar-refractivity contribution in [2.24, 2.45) is 0 Å². The van der Waals surface area contributed by atoms with Gasteiger partial charge in [-0.2, -0.15) is 0 Å². The zero-order valence-corrected chi connectivity index (χ0v) is 15.8. The summed E-state index contributed by atoms with van der Waals surface area (Å²) in [7, 11) is 0. The highest BCUT2D eigenvalue weighted by molar-refractivity contribution is 6.08. The lowest BCUT2D eigenvalue weighted by Crippen LogP contribution is -2.11. The second kappa shape index (κ2) is 6.21. The summed E-state index contributed by atoms with van der Waals surface area (Å²) in [4.78, 5) is 0. The summed E-state index contributed by atoms with van der Waals surface area (Å²) in [5.74, 6) is 0.490. The fourth-order valence-corrected chi connectivity index (χ4v) is 5.11. The van der Waals surface area contributed by atoms with Gasteiger partial charge >= 0.3 is 0 Å². The van der Waals surface area contributed by atoms with E-state index in [2.05, 4.69) is 84.9 Å². The molecule has 5 aromatic rings. The summed E-state index contributed by atoms with van der Waals surface area (Å²) < 4.78 is 0. The summed E-state index contributed by atoms with van der Waals surface area (Å²) in [6.07, 6.45) is 3.67. The molecule has 1 atom stereocenters. The average Bonchev–Trinajstić information content (AvgIpc) is 2.78. The molecule has 0 spiro atoms. The fraction of sp³-hybridized carbons (Fsp3) is 0.143. The Bertz CT molecular complexity index is 1340. The fourth-order valence-electron chi connectivity index (χ4n) is 5.11. The molecule has 1 aliphatic carbocycles. The van der Waals surface area contributed by atoms with Gasteiger partial charge in [0, 0.05) is 5.92 Å². The van der Waals surface area contributed by atoms with Crippen molar-refractivity contribution in [2.75, 3.05) is 0 Å². The molecule has 28 heavy (non-hydrogen) atoms. The van der Waals surface area contributed by atoms with E-state index < -0.39 is 0 Å². The predicted molar refractivity (Wildman–Crippen MR) is 119 cm³/mol. The SMILES string of the molecule is [c]1cccc2cc(C3CCCc4c3ccc3c4ccc4ccccc43)ccc12.